The van der Waals surface area contributed by atoms with Gasteiger partial charge < -0.3 is 14.7 Å². The smallest absolute Gasteiger partial charge is 0.317 e. The molecule has 2 saturated heterocycles. The van der Waals surface area contributed by atoms with E-state index in [2.05, 4.69) is 39.1 Å². The molecule has 4 aliphatic rings. The van der Waals surface area contributed by atoms with Gasteiger partial charge in [0.1, 0.15) is 12.2 Å². The summed E-state index contributed by atoms with van der Waals surface area (Å²) in [6, 6.07) is -1.54. The Hall–Kier alpha value is -1.88. The van der Waals surface area contributed by atoms with Crippen LogP contribution in [0.5, 0.6) is 0 Å². The minimum Gasteiger partial charge on any atom is -0.339 e. The fourth-order valence-corrected chi connectivity index (χ4v) is 6.03. The van der Waals surface area contributed by atoms with Gasteiger partial charge in [0.2, 0.25) is 5.89 Å². The van der Waals surface area contributed by atoms with Crippen LogP contribution in [0, 0.1) is 0 Å². The van der Waals surface area contributed by atoms with Crippen LogP contribution in [-0.4, -0.2) is 100 Å². The third-order valence-electron chi connectivity index (χ3n) is 8.84. The molecule has 2 amide bonds. The van der Waals surface area contributed by atoms with E-state index in [0.717, 1.165) is 26.2 Å². The molecule has 1 N–H and O–H groups in total. The zero-order valence-corrected chi connectivity index (χ0v) is 21.6. The van der Waals surface area contributed by atoms with Crippen molar-refractivity contribution in [3.63, 3.8) is 0 Å². The second kappa shape index (κ2) is 9.78. The van der Waals surface area contributed by atoms with Gasteiger partial charge in [-0.1, -0.05) is 12.1 Å². The molecular weight excluding hydrogens is 473 g/mol. The highest BCUT2D eigenvalue weighted by Crippen LogP contribution is 2.44. The van der Waals surface area contributed by atoms with Crippen molar-refractivity contribution < 1.29 is 22.5 Å². The molecular formula is C25H39F3N6O2. The number of piperidine rings is 1. The number of nitrogens with one attached hydrogen (secondary N) is 1. The molecule has 36 heavy (non-hydrogen) atoms. The Kier molecular flexibility index (Phi) is 6.99. The van der Waals surface area contributed by atoms with Crippen molar-refractivity contribution in [3.8, 4) is 0 Å². The van der Waals surface area contributed by atoms with Gasteiger partial charge in [0.15, 0.2) is 5.82 Å². The van der Waals surface area contributed by atoms with Crippen molar-refractivity contribution in [1.29, 1.82) is 0 Å². The molecule has 1 aromatic heterocycles. The third-order valence-corrected chi connectivity index (χ3v) is 8.84. The van der Waals surface area contributed by atoms with Gasteiger partial charge in [-0.05, 0) is 46.0 Å². The van der Waals surface area contributed by atoms with Gasteiger partial charge in [-0.3, -0.25) is 9.80 Å². The van der Waals surface area contributed by atoms with Crippen LogP contribution >= 0.6 is 0 Å². The van der Waals surface area contributed by atoms with Crippen molar-refractivity contribution in [2.45, 2.75) is 101 Å². The lowest BCUT2D eigenvalue weighted by atomic mass is 9.79. The van der Waals surface area contributed by atoms with Gasteiger partial charge in [0, 0.05) is 63.2 Å². The molecule has 5 rings (SSSR count). The first-order valence-corrected chi connectivity index (χ1v) is 13.5. The summed E-state index contributed by atoms with van der Waals surface area (Å²) in [5, 5.41) is 6.84. The van der Waals surface area contributed by atoms with Crippen LogP contribution < -0.4 is 5.32 Å². The lowest BCUT2D eigenvalue weighted by Crippen LogP contribution is -2.66. The largest absolute Gasteiger partial charge is 0.339 e. The Balaban J connectivity index is 1.20. The predicted octanol–water partition coefficient (Wildman–Crippen LogP) is 3.54. The molecule has 11 heteroatoms. The van der Waals surface area contributed by atoms with Crippen LogP contribution in [0.15, 0.2) is 4.52 Å². The molecule has 2 saturated carbocycles. The maximum Gasteiger partial charge on any atom is 0.317 e. The number of piperazine rings is 1. The SMILES string of the molecule is CC(C)N1CCN([C@H]2CCCC(F)(F)[C@@H]2NC(=O)N2CCC(C)(c3noc([C@@H]4C[C@@H]4F)n3)CC2)CC1. The quantitative estimate of drug-likeness (QED) is 0.651. The van der Waals surface area contributed by atoms with E-state index in [1.54, 1.807) is 4.90 Å². The van der Waals surface area contributed by atoms with Gasteiger partial charge in [0.05, 0.1) is 5.92 Å². The molecule has 0 aromatic carbocycles. The molecule has 0 spiro atoms. The molecule has 0 radical (unpaired) electrons. The normalized spacial score (nSPS) is 33.0. The molecule has 2 aliphatic heterocycles. The minimum absolute atomic E-state index is 0.195. The summed E-state index contributed by atoms with van der Waals surface area (Å²) in [6.07, 6.45) is 1.63. The Labute approximate surface area is 210 Å². The molecule has 8 nitrogen and oxygen atoms in total. The number of hydrogen-bond acceptors (Lipinski definition) is 6. The van der Waals surface area contributed by atoms with Crippen LogP contribution in [0.4, 0.5) is 18.0 Å². The molecule has 3 heterocycles. The fourth-order valence-electron chi connectivity index (χ4n) is 6.03. The van der Waals surface area contributed by atoms with Crippen molar-refractivity contribution in [3.05, 3.63) is 11.7 Å². The number of carbonyl (C=O) groups excluding carboxylic acids is 1. The number of likely N-dealkylation sites (tertiary alicyclic amines) is 1. The highest BCUT2D eigenvalue weighted by Gasteiger charge is 2.51. The Morgan fingerprint density at radius 2 is 1.78 bits per heavy atom. The van der Waals surface area contributed by atoms with E-state index in [0.29, 0.717) is 63.0 Å². The molecule has 0 unspecified atom stereocenters. The van der Waals surface area contributed by atoms with E-state index >= 15 is 8.78 Å². The molecule has 0 bridgehead atoms. The van der Waals surface area contributed by atoms with Crippen LogP contribution in [0.2, 0.25) is 0 Å². The van der Waals surface area contributed by atoms with Crippen LogP contribution in [-0.2, 0) is 5.41 Å². The summed E-state index contributed by atoms with van der Waals surface area (Å²) in [6.45, 7) is 10.3. The predicted molar refractivity (Wildman–Crippen MR) is 128 cm³/mol. The highest BCUT2D eigenvalue weighted by molar-refractivity contribution is 5.75. The number of carbonyl (C=O) groups is 1. The van der Waals surface area contributed by atoms with Gasteiger partial charge in [-0.15, -0.1) is 0 Å². The standard InChI is InChI=1S/C25H39F3N6O2/c1-16(2)32-11-13-33(14-12-32)19-5-4-6-25(27,28)20(19)29-23(35)34-9-7-24(3,8-10-34)22-30-21(36-31-22)17-15-18(17)26/h16-20H,4-15H2,1-3H3,(H,29,35)/t17-,18+,19+,20-/m1/s1. The van der Waals surface area contributed by atoms with Crippen molar-refractivity contribution in [1.82, 2.24) is 30.2 Å². The number of urea groups is 1. The lowest BCUT2D eigenvalue weighted by Gasteiger charge is -2.48. The van der Waals surface area contributed by atoms with Crippen LogP contribution in [0.1, 0.15) is 76.9 Å². The second-order valence-corrected chi connectivity index (χ2v) is 11.7. The third kappa shape index (κ3) is 5.10. The summed E-state index contributed by atoms with van der Waals surface area (Å²) in [7, 11) is 0. The summed E-state index contributed by atoms with van der Waals surface area (Å²) in [4.78, 5) is 23.7. The molecule has 4 atom stereocenters. The molecule has 4 fully saturated rings. The first-order valence-electron chi connectivity index (χ1n) is 13.5. The van der Waals surface area contributed by atoms with Gasteiger partial charge >= 0.3 is 6.03 Å². The van der Waals surface area contributed by atoms with Crippen molar-refractivity contribution in [2.75, 3.05) is 39.3 Å². The maximum atomic E-state index is 15.1. The van der Waals surface area contributed by atoms with Crippen LogP contribution in [0.3, 0.4) is 0 Å². The van der Waals surface area contributed by atoms with Crippen molar-refractivity contribution in [2.24, 2.45) is 0 Å². The van der Waals surface area contributed by atoms with E-state index in [1.807, 2.05) is 6.92 Å². The Morgan fingerprint density at radius 1 is 1.11 bits per heavy atom. The van der Waals surface area contributed by atoms with Gasteiger partial charge in [-0.2, -0.15) is 4.98 Å². The van der Waals surface area contributed by atoms with Crippen LogP contribution in [0.25, 0.3) is 0 Å². The highest BCUT2D eigenvalue weighted by atomic mass is 19.3. The zero-order valence-electron chi connectivity index (χ0n) is 21.6. The number of rotatable bonds is 5. The molecule has 1 aromatic rings. The summed E-state index contributed by atoms with van der Waals surface area (Å²) in [5.74, 6) is -2.34. The Bertz CT molecular complexity index is 927. The summed E-state index contributed by atoms with van der Waals surface area (Å²) in [5.41, 5.74) is -0.396. The average molecular weight is 513 g/mol. The van der Waals surface area contributed by atoms with E-state index in [9.17, 15) is 9.18 Å². The number of nitrogens with zero attached hydrogens (tertiary/aromatic N) is 5. The topological polar surface area (TPSA) is 77.7 Å². The first-order chi connectivity index (χ1) is 17.1. The van der Waals surface area contributed by atoms with E-state index in [-0.39, 0.29) is 18.4 Å². The molecule has 2 aliphatic carbocycles. The number of aromatic nitrogens is 2. The number of hydrogen-bond donors (Lipinski definition) is 1. The van der Waals surface area contributed by atoms with E-state index < -0.39 is 29.6 Å². The van der Waals surface area contributed by atoms with E-state index in [4.69, 9.17) is 4.52 Å². The minimum atomic E-state index is -2.93. The average Bonchev–Trinajstić information content (AvgIpc) is 3.36. The van der Waals surface area contributed by atoms with Gasteiger partial charge in [0.25, 0.3) is 5.92 Å². The molecule has 202 valence electrons. The number of amides is 2. The fraction of sp³-hybridized carbons (Fsp3) is 0.880. The lowest BCUT2D eigenvalue weighted by molar-refractivity contribution is -0.0973. The summed E-state index contributed by atoms with van der Waals surface area (Å²) >= 11 is 0. The zero-order chi connectivity index (χ0) is 25.7. The first kappa shape index (κ1) is 25.8. The number of halogens is 3. The monoisotopic (exact) mass is 512 g/mol. The van der Waals surface area contributed by atoms with E-state index in [1.165, 1.54) is 0 Å². The number of alkyl halides is 3. The second-order valence-electron chi connectivity index (χ2n) is 11.7. The maximum absolute atomic E-state index is 15.1. The summed E-state index contributed by atoms with van der Waals surface area (Å²) < 4.78 is 48.9. The van der Waals surface area contributed by atoms with Gasteiger partial charge in [-0.25, -0.2) is 18.0 Å². The Morgan fingerprint density at radius 3 is 2.39 bits per heavy atom. The van der Waals surface area contributed by atoms with Crippen molar-refractivity contribution >= 4 is 6.03 Å².